The van der Waals surface area contributed by atoms with E-state index in [1.54, 1.807) is 16.9 Å². The zero-order chi connectivity index (χ0) is 23.5. The first-order valence-corrected chi connectivity index (χ1v) is 10.9. The van der Waals surface area contributed by atoms with Crippen molar-refractivity contribution in [1.29, 1.82) is 0 Å². The predicted octanol–water partition coefficient (Wildman–Crippen LogP) is 3.22. The Bertz CT molecular complexity index is 1210. The first-order valence-electron chi connectivity index (χ1n) is 9.43. The van der Waals surface area contributed by atoms with Gasteiger partial charge in [0, 0.05) is 24.4 Å². The van der Waals surface area contributed by atoms with Crippen molar-refractivity contribution in [2.45, 2.75) is 37.6 Å². The summed E-state index contributed by atoms with van der Waals surface area (Å²) in [6.07, 6.45) is -1.93. The highest BCUT2D eigenvalue weighted by molar-refractivity contribution is 7.89. The van der Waals surface area contributed by atoms with Crippen LogP contribution in [-0.2, 0) is 14.8 Å². The molecule has 0 bridgehead atoms. The molecule has 9 nitrogen and oxygen atoms in total. The number of benzene rings is 1. The van der Waals surface area contributed by atoms with Crippen molar-refractivity contribution in [2.75, 3.05) is 11.9 Å². The molecule has 32 heavy (non-hydrogen) atoms. The Morgan fingerprint density at radius 3 is 2.50 bits per heavy atom. The third-order valence-electron chi connectivity index (χ3n) is 4.22. The molecular weight excluding hydrogens is 451 g/mol. The quantitative estimate of drug-likeness (QED) is 0.521. The lowest BCUT2D eigenvalue weighted by Crippen LogP contribution is -2.28. The van der Waals surface area contributed by atoms with Crippen LogP contribution in [-0.4, -0.2) is 42.0 Å². The minimum Gasteiger partial charge on any atom is -0.406 e. The normalized spacial score (nSPS) is 12.3. The van der Waals surface area contributed by atoms with Crippen molar-refractivity contribution < 1.29 is 31.1 Å². The Morgan fingerprint density at radius 1 is 1.19 bits per heavy atom. The molecule has 0 fully saturated rings. The summed E-state index contributed by atoms with van der Waals surface area (Å²) in [7, 11) is -4.01. The summed E-state index contributed by atoms with van der Waals surface area (Å²) in [5, 5.41) is 7.62. The van der Waals surface area contributed by atoms with E-state index in [0.717, 1.165) is 29.7 Å². The summed E-state index contributed by atoms with van der Waals surface area (Å²) in [5.74, 6) is -0.987. The number of carbonyl (C=O) groups excluding carboxylic acids is 1. The summed E-state index contributed by atoms with van der Waals surface area (Å²) in [4.78, 5) is 16.2. The van der Waals surface area contributed by atoms with Gasteiger partial charge >= 0.3 is 6.36 Å². The van der Waals surface area contributed by atoms with Crippen molar-refractivity contribution in [2.24, 2.45) is 0 Å². The lowest BCUT2D eigenvalue weighted by molar-refractivity contribution is -0.274. The van der Waals surface area contributed by atoms with Gasteiger partial charge in [0.25, 0.3) is 0 Å². The molecule has 172 valence electrons. The summed E-state index contributed by atoms with van der Waals surface area (Å²) >= 11 is 0. The number of fused-ring (bicyclic) bond motifs is 1. The Morgan fingerprint density at radius 2 is 1.88 bits per heavy atom. The number of aromatic nitrogens is 3. The number of nitrogens with one attached hydrogen (secondary N) is 2. The molecule has 3 rings (SSSR count). The summed E-state index contributed by atoms with van der Waals surface area (Å²) in [6.45, 7) is 3.72. The van der Waals surface area contributed by atoms with E-state index in [2.05, 4.69) is 24.9 Å². The van der Waals surface area contributed by atoms with Gasteiger partial charge in [-0.3, -0.25) is 4.79 Å². The highest BCUT2D eigenvalue weighted by atomic mass is 32.2. The number of nitrogens with zero attached hydrogens (tertiary/aromatic N) is 3. The Labute approximate surface area is 181 Å². The fourth-order valence-corrected chi connectivity index (χ4v) is 3.84. The van der Waals surface area contributed by atoms with Crippen LogP contribution < -0.4 is 14.8 Å². The standard InChI is InChI=1S/C19H20F3N5O4S/c1-12(2)27-18-13(10-24-27)9-14(11-23-18)26-17(28)7-8-25-32(29,30)16-5-3-15(4-6-16)31-19(20,21)22/h3-6,9-12,25H,7-8H2,1-2H3,(H,26,28). The predicted molar refractivity (Wildman–Crippen MR) is 109 cm³/mol. The molecule has 0 radical (unpaired) electrons. The minimum atomic E-state index is -4.87. The average Bonchev–Trinajstić information content (AvgIpc) is 3.10. The molecule has 1 aromatic carbocycles. The number of ether oxygens (including phenoxy) is 1. The second kappa shape index (κ2) is 9.12. The highest BCUT2D eigenvalue weighted by Gasteiger charge is 2.31. The van der Waals surface area contributed by atoms with Crippen molar-refractivity contribution in [3.05, 3.63) is 42.7 Å². The van der Waals surface area contributed by atoms with Gasteiger partial charge in [-0.25, -0.2) is 22.8 Å². The van der Waals surface area contributed by atoms with Crippen molar-refractivity contribution >= 4 is 32.7 Å². The Kier molecular flexibility index (Phi) is 6.69. The number of alkyl halides is 3. The summed E-state index contributed by atoms with van der Waals surface area (Å²) in [6, 6.07) is 5.56. The molecule has 0 spiro atoms. The van der Waals surface area contributed by atoms with E-state index in [4.69, 9.17) is 0 Å². The van der Waals surface area contributed by atoms with E-state index in [-0.39, 0.29) is 23.9 Å². The number of pyridine rings is 1. The van der Waals surface area contributed by atoms with Crippen LogP contribution in [0.5, 0.6) is 5.75 Å². The third kappa shape index (κ3) is 5.95. The number of hydrogen-bond acceptors (Lipinski definition) is 6. The highest BCUT2D eigenvalue weighted by Crippen LogP contribution is 2.24. The van der Waals surface area contributed by atoms with Crippen LogP contribution in [0.15, 0.2) is 47.6 Å². The zero-order valence-electron chi connectivity index (χ0n) is 17.0. The van der Waals surface area contributed by atoms with Crippen LogP contribution >= 0.6 is 0 Å². The number of hydrogen-bond donors (Lipinski definition) is 2. The van der Waals surface area contributed by atoms with Crippen LogP contribution in [0.2, 0.25) is 0 Å². The smallest absolute Gasteiger partial charge is 0.406 e. The maximum Gasteiger partial charge on any atom is 0.573 e. The fourth-order valence-electron chi connectivity index (χ4n) is 2.81. The molecule has 3 aromatic rings. The van der Waals surface area contributed by atoms with E-state index in [9.17, 15) is 26.4 Å². The molecule has 0 aliphatic carbocycles. The maximum atomic E-state index is 12.2. The van der Waals surface area contributed by atoms with Gasteiger partial charge in [-0.1, -0.05) is 0 Å². The monoisotopic (exact) mass is 471 g/mol. The first-order chi connectivity index (χ1) is 14.9. The van der Waals surface area contributed by atoms with E-state index in [0.29, 0.717) is 11.3 Å². The molecule has 0 saturated carbocycles. The van der Waals surface area contributed by atoms with E-state index in [1.807, 2.05) is 13.8 Å². The van der Waals surface area contributed by atoms with Gasteiger partial charge in [0.1, 0.15) is 5.75 Å². The Hall–Kier alpha value is -3.19. The van der Waals surface area contributed by atoms with Gasteiger partial charge in [0.05, 0.1) is 23.0 Å². The van der Waals surface area contributed by atoms with Gasteiger partial charge < -0.3 is 10.1 Å². The van der Waals surface area contributed by atoms with Crippen molar-refractivity contribution in [1.82, 2.24) is 19.5 Å². The second-order valence-corrected chi connectivity index (χ2v) is 8.80. The molecular formula is C19H20F3N5O4S. The van der Waals surface area contributed by atoms with Crippen LogP contribution in [0.1, 0.15) is 26.3 Å². The largest absolute Gasteiger partial charge is 0.573 e. The molecule has 2 N–H and O–H groups in total. The van der Waals surface area contributed by atoms with Crippen LogP contribution in [0, 0.1) is 0 Å². The van der Waals surface area contributed by atoms with Gasteiger partial charge in [-0.15, -0.1) is 13.2 Å². The van der Waals surface area contributed by atoms with Crippen LogP contribution in [0.25, 0.3) is 11.0 Å². The summed E-state index contributed by atoms with van der Waals surface area (Å²) in [5.41, 5.74) is 1.12. The molecule has 0 saturated heterocycles. The van der Waals surface area contributed by atoms with Crippen LogP contribution in [0.3, 0.4) is 0 Å². The van der Waals surface area contributed by atoms with Gasteiger partial charge in [0.2, 0.25) is 15.9 Å². The molecule has 13 heteroatoms. The molecule has 1 amide bonds. The van der Waals surface area contributed by atoms with Crippen LogP contribution in [0.4, 0.5) is 18.9 Å². The lowest BCUT2D eigenvalue weighted by atomic mass is 10.3. The topological polar surface area (TPSA) is 115 Å². The fraction of sp³-hybridized carbons (Fsp3) is 0.316. The van der Waals surface area contributed by atoms with Crippen molar-refractivity contribution in [3.63, 3.8) is 0 Å². The molecule has 0 aliphatic heterocycles. The first kappa shape index (κ1) is 23.5. The average molecular weight is 471 g/mol. The van der Waals surface area contributed by atoms with Crippen molar-refractivity contribution in [3.8, 4) is 5.75 Å². The van der Waals surface area contributed by atoms with Gasteiger partial charge in [-0.2, -0.15) is 5.10 Å². The third-order valence-corrected chi connectivity index (χ3v) is 5.69. The van der Waals surface area contributed by atoms with E-state index >= 15 is 0 Å². The zero-order valence-corrected chi connectivity index (χ0v) is 17.9. The minimum absolute atomic E-state index is 0.127. The number of amides is 1. The van der Waals surface area contributed by atoms with Gasteiger partial charge in [-0.05, 0) is 44.2 Å². The van der Waals surface area contributed by atoms with Gasteiger partial charge in [0.15, 0.2) is 5.65 Å². The molecule has 2 heterocycles. The molecule has 2 aromatic heterocycles. The number of carbonyl (C=O) groups is 1. The number of halogens is 3. The second-order valence-electron chi connectivity index (χ2n) is 7.03. The molecule has 0 atom stereocenters. The number of sulfonamides is 1. The Balaban J connectivity index is 1.54. The summed E-state index contributed by atoms with van der Waals surface area (Å²) < 4.78 is 68.7. The maximum absolute atomic E-state index is 12.2. The molecule has 0 aliphatic rings. The van der Waals surface area contributed by atoms with E-state index < -0.39 is 28.0 Å². The lowest BCUT2D eigenvalue weighted by Gasteiger charge is -2.10. The van der Waals surface area contributed by atoms with E-state index in [1.165, 1.54) is 6.20 Å². The molecule has 0 unspecified atom stereocenters. The SMILES string of the molecule is CC(C)n1ncc2cc(NC(=O)CCNS(=O)(=O)c3ccc(OC(F)(F)F)cc3)cnc21. The number of anilines is 1. The number of rotatable bonds is 8.